The molecule has 0 fully saturated rings. The molecule has 0 spiro atoms. The molecule has 0 aliphatic carbocycles. The van der Waals surface area contributed by atoms with Gasteiger partial charge in [-0.3, -0.25) is 4.79 Å². The van der Waals surface area contributed by atoms with Gasteiger partial charge in [0.25, 0.3) is 0 Å². The Kier molecular flexibility index (Phi) is 3.79. The SMILES string of the molecule is CN(C)c1ccc(C(O)C(=O)c2cccs2)cc1. The first-order valence-corrected chi connectivity index (χ1v) is 6.50. The van der Waals surface area contributed by atoms with Crippen molar-refractivity contribution >= 4 is 22.8 Å². The molecule has 94 valence electrons. The van der Waals surface area contributed by atoms with E-state index in [1.54, 1.807) is 24.3 Å². The fourth-order valence-corrected chi connectivity index (χ4v) is 2.35. The van der Waals surface area contributed by atoms with E-state index in [4.69, 9.17) is 0 Å². The van der Waals surface area contributed by atoms with Crippen molar-refractivity contribution in [3.8, 4) is 0 Å². The van der Waals surface area contributed by atoms with Crippen LogP contribution in [0.1, 0.15) is 21.3 Å². The molecule has 1 heterocycles. The van der Waals surface area contributed by atoms with Gasteiger partial charge in [0.1, 0.15) is 6.10 Å². The van der Waals surface area contributed by atoms with Gasteiger partial charge in [-0.1, -0.05) is 18.2 Å². The van der Waals surface area contributed by atoms with E-state index in [1.807, 2.05) is 36.5 Å². The van der Waals surface area contributed by atoms with Gasteiger partial charge in [0, 0.05) is 19.8 Å². The molecule has 2 aromatic rings. The lowest BCUT2D eigenvalue weighted by atomic mass is 10.0. The van der Waals surface area contributed by atoms with Crippen LogP contribution in [0.4, 0.5) is 5.69 Å². The molecule has 0 aliphatic heterocycles. The highest BCUT2D eigenvalue weighted by atomic mass is 32.1. The van der Waals surface area contributed by atoms with E-state index in [-0.39, 0.29) is 5.78 Å². The summed E-state index contributed by atoms with van der Waals surface area (Å²) in [6.45, 7) is 0. The van der Waals surface area contributed by atoms with Crippen LogP contribution in [-0.4, -0.2) is 25.0 Å². The number of hydrogen-bond donors (Lipinski definition) is 1. The number of benzene rings is 1. The third-order valence-corrected chi connectivity index (χ3v) is 3.62. The first-order chi connectivity index (χ1) is 8.59. The van der Waals surface area contributed by atoms with E-state index in [1.165, 1.54) is 11.3 Å². The third-order valence-electron chi connectivity index (χ3n) is 2.74. The molecule has 1 atom stereocenters. The molecule has 0 saturated heterocycles. The van der Waals surface area contributed by atoms with Crippen molar-refractivity contribution in [2.24, 2.45) is 0 Å². The number of nitrogens with zero attached hydrogens (tertiary/aromatic N) is 1. The van der Waals surface area contributed by atoms with Crippen LogP contribution in [0.2, 0.25) is 0 Å². The molecule has 1 N–H and O–H groups in total. The second-order valence-corrected chi connectivity index (χ2v) is 5.18. The van der Waals surface area contributed by atoms with Crippen LogP contribution in [-0.2, 0) is 0 Å². The summed E-state index contributed by atoms with van der Waals surface area (Å²) in [5.41, 5.74) is 1.66. The zero-order valence-corrected chi connectivity index (χ0v) is 11.1. The zero-order chi connectivity index (χ0) is 13.1. The number of thiophene rings is 1. The fourth-order valence-electron chi connectivity index (χ4n) is 1.66. The maximum atomic E-state index is 12.0. The standard InChI is InChI=1S/C14H15NO2S/c1-15(2)11-7-5-10(6-8-11)13(16)14(17)12-4-3-9-18-12/h3-9,13,16H,1-2H3. The predicted molar refractivity (Wildman–Crippen MR) is 74.4 cm³/mol. The summed E-state index contributed by atoms with van der Waals surface area (Å²) in [6, 6.07) is 10.9. The minimum atomic E-state index is -1.08. The average molecular weight is 261 g/mol. The second-order valence-electron chi connectivity index (χ2n) is 4.23. The molecule has 2 rings (SSSR count). The summed E-state index contributed by atoms with van der Waals surface area (Å²) in [4.78, 5) is 14.5. The van der Waals surface area contributed by atoms with Crippen LogP contribution in [0.5, 0.6) is 0 Å². The molecule has 0 saturated carbocycles. The number of aliphatic hydroxyl groups excluding tert-OH is 1. The predicted octanol–water partition coefficient (Wildman–Crippen LogP) is 2.73. The molecular weight excluding hydrogens is 246 g/mol. The van der Waals surface area contributed by atoms with Gasteiger partial charge in [0.15, 0.2) is 0 Å². The van der Waals surface area contributed by atoms with Crippen molar-refractivity contribution in [2.45, 2.75) is 6.10 Å². The summed E-state index contributed by atoms with van der Waals surface area (Å²) in [5.74, 6) is -0.248. The Morgan fingerprint density at radius 2 is 1.89 bits per heavy atom. The van der Waals surface area contributed by atoms with Gasteiger partial charge in [-0.05, 0) is 29.1 Å². The Morgan fingerprint density at radius 3 is 2.39 bits per heavy atom. The molecule has 4 heteroatoms. The molecular formula is C14H15NO2S. The lowest BCUT2D eigenvalue weighted by Gasteiger charge is -2.14. The van der Waals surface area contributed by atoms with Gasteiger partial charge in [0.05, 0.1) is 4.88 Å². The number of hydrogen-bond acceptors (Lipinski definition) is 4. The number of rotatable bonds is 4. The Bertz CT molecular complexity index is 517. The van der Waals surface area contributed by atoms with Crippen molar-refractivity contribution in [3.05, 3.63) is 52.2 Å². The molecule has 0 amide bonds. The lowest BCUT2D eigenvalue weighted by molar-refractivity contribution is 0.0752. The zero-order valence-electron chi connectivity index (χ0n) is 10.3. The van der Waals surface area contributed by atoms with Crippen LogP contribution in [0.3, 0.4) is 0 Å². The average Bonchev–Trinajstić information content (AvgIpc) is 2.91. The number of ketones is 1. The summed E-state index contributed by atoms with van der Waals surface area (Å²) < 4.78 is 0. The van der Waals surface area contributed by atoms with Gasteiger partial charge in [-0.15, -0.1) is 11.3 Å². The van der Waals surface area contributed by atoms with Crippen LogP contribution < -0.4 is 4.90 Å². The molecule has 1 aromatic heterocycles. The van der Waals surface area contributed by atoms with Crippen molar-refractivity contribution in [2.75, 3.05) is 19.0 Å². The molecule has 1 unspecified atom stereocenters. The van der Waals surface area contributed by atoms with Crippen LogP contribution in [0, 0.1) is 0 Å². The van der Waals surface area contributed by atoms with Crippen LogP contribution >= 0.6 is 11.3 Å². The summed E-state index contributed by atoms with van der Waals surface area (Å²) in [7, 11) is 3.89. The lowest BCUT2D eigenvalue weighted by Crippen LogP contribution is -2.12. The number of carbonyl (C=O) groups is 1. The maximum Gasteiger partial charge on any atom is 0.205 e. The molecule has 1 aromatic carbocycles. The Balaban J connectivity index is 2.18. The van der Waals surface area contributed by atoms with Crippen LogP contribution in [0.15, 0.2) is 41.8 Å². The highest BCUT2D eigenvalue weighted by molar-refractivity contribution is 7.12. The van der Waals surface area contributed by atoms with E-state index in [2.05, 4.69) is 0 Å². The third kappa shape index (κ3) is 2.60. The minimum absolute atomic E-state index is 0.248. The highest BCUT2D eigenvalue weighted by Gasteiger charge is 2.19. The molecule has 0 bridgehead atoms. The van der Waals surface area contributed by atoms with E-state index < -0.39 is 6.10 Å². The topological polar surface area (TPSA) is 40.5 Å². The molecule has 0 radical (unpaired) electrons. The number of carbonyl (C=O) groups excluding carboxylic acids is 1. The first kappa shape index (κ1) is 12.8. The Morgan fingerprint density at radius 1 is 1.22 bits per heavy atom. The number of Topliss-reactive ketones (excluding diaryl/α,β-unsaturated/α-hetero) is 1. The monoisotopic (exact) mass is 261 g/mol. The van der Waals surface area contributed by atoms with Gasteiger partial charge in [-0.25, -0.2) is 0 Å². The van der Waals surface area contributed by atoms with Crippen molar-refractivity contribution < 1.29 is 9.90 Å². The smallest absolute Gasteiger partial charge is 0.205 e. The van der Waals surface area contributed by atoms with Crippen molar-refractivity contribution in [3.63, 3.8) is 0 Å². The molecule has 3 nitrogen and oxygen atoms in total. The van der Waals surface area contributed by atoms with E-state index in [0.29, 0.717) is 10.4 Å². The summed E-state index contributed by atoms with van der Waals surface area (Å²) >= 11 is 1.34. The highest BCUT2D eigenvalue weighted by Crippen LogP contribution is 2.23. The van der Waals surface area contributed by atoms with Crippen molar-refractivity contribution in [1.29, 1.82) is 0 Å². The summed E-state index contributed by atoms with van der Waals surface area (Å²) in [6.07, 6.45) is -1.08. The molecule has 0 aliphatic rings. The van der Waals surface area contributed by atoms with Gasteiger partial charge in [-0.2, -0.15) is 0 Å². The number of anilines is 1. The second kappa shape index (κ2) is 5.33. The van der Waals surface area contributed by atoms with E-state index in [9.17, 15) is 9.90 Å². The van der Waals surface area contributed by atoms with E-state index >= 15 is 0 Å². The van der Waals surface area contributed by atoms with Crippen LogP contribution in [0.25, 0.3) is 0 Å². The van der Waals surface area contributed by atoms with Gasteiger partial charge in [0.2, 0.25) is 5.78 Å². The normalized spacial score (nSPS) is 12.2. The fraction of sp³-hybridized carbons (Fsp3) is 0.214. The van der Waals surface area contributed by atoms with E-state index in [0.717, 1.165) is 5.69 Å². The Labute approximate surface area is 110 Å². The molecule has 18 heavy (non-hydrogen) atoms. The first-order valence-electron chi connectivity index (χ1n) is 5.62. The maximum absolute atomic E-state index is 12.0. The number of aliphatic hydroxyl groups is 1. The Hall–Kier alpha value is -1.65. The van der Waals surface area contributed by atoms with Crippen molar-refractivity contribution in [1.82, 2.24) is 0 Å². The quantitative estimate of drug-likeness (QED) is 0.860. The summed E-state index contributed by atoms with van der Waals surface area (Å²) in [5, 5.41) is 11.9. The minimum Gasteiger partial charge on any atom is -0.380 e. The van der Waals surface area contributed by atoms with Gasteiger partial charge >= 0.3 is 0 Å². The van der Waals surface area contributed by atoms with Gasteiger partial charge < -0.3 is 10.0 Å². The largest absolute Gasteiger partial charge is 0.380 e.